The lowest BCUT2D eigenvalue weighted by Gasteiger charge is -2.25. The summed E-state index contributed by atoms with van der Waals surface area (Å²) in [6.45, 7) is 2.83. The van der Waals surface area contributed by atoms with Gasteiger partial charge in [-0.3, -0.25) is 14.6 Å². The average Bonchev–Trinajstić information content (AvgIpc) is 3.09. The van der Waals surface area contributed by atoms with Crippen molar-refractivity contribution in [2.24, 2.45) is 0 Å². The van der Waals surface area contributed by atoms with Gasteiger partial charge in [0.25, 0.3) is 11.7 Å². The van der Waals surface area contributed by atoms with E-state index in [0.717, 1.165) is 28.4 Å². The summed E-state index contributed by atoms with van der Waals surface area (Å²) in [5.74, 6) is -1.01. The molecule has 0 aliphatic carbocycles. The zero-order chi connectivity index (χ0) is 24.1. The Morgan fingerprint density at radius 2 is 1.94 bits per heavy atom. The topological polar surface area (TPSA) is 79.7 Å². The molecule has 3 aromatic rings. The Balaban J connectivity index is 1.79. The molecule has 6 nitrogen and oxygen atoms in total. The van der Waals surface area contributed by atoms with Crippen molar-refractivity contribution >= 4 is 33.4 Å². The first-order chi connectivity index (χ1) is 16.5. The average molecular weight is 521 g/mol. The van der Waals surface area contributed by atoms with E-state index in [2.05, 4.69) is 27.8 Å². The normalized spacial score (nSPS) is 17.2. The van der Waals surface area contributed by atoms with E-state index in [0.29, 0.717) is 17.9 Å². The molecule has 0 bridgehead atoms. The lowest BCUT2D eigenvalue weighted by Crippen LogP contribution is -2.29. The van der Waals surface area contributed by atoms with Crippen LogP contribution in [-0.2, 0) is 16.1 Å². The maximum Gasteiger partial charge on any atom is 0.295 e. The number of carbonyl (C=O) groups is 2. The molecule has 7 heteroatoms. The smallest absolute Gasteiger partial charge is 0.295 e. The molecule has 1 amide bonds. The fourth-order valence-electron chi connectivity index (χ4n) is 3.98. The van der Waals surface area contributed by atoms with Crippen molar-refractivity contribution in [3.05, 3.63) is 99.8 Å². The largest absolute Gasteiger partial charge is 0.507 e. The van der Waals surface area contributed by atoms with Gasteiger partial charge in [-0.05, 0) is 47.9 Å². The molecule has 1 aliphatic rings. The third-order valence-corrected chi connectivity index (χ3v) is 6.15. The summed E-state index contributed by atoms with van der Waals surface area (Å²) < 4.78 is 6.57. The lowest BCUT2D eigenvalue weighted by molar-refractivity contribution is -0.140. The first-order valence-electron chi connectivity index (χ1n) is 11.2. The fraction of sp³-hybridized carbons (Fsp3) is 0.222. The highest BCUT2D eigenvalue weighted by Gasteiger charge is 2.46. The van der Waals surface area contributed by atoms with Crippen LogP contribution in [0.2, 0.25) is 0 Å². The third-order valence-electron chi connectivity index (χ3n) is 5.65. The number of aromatic nitrogens is 1. The molecular weight excluding hydrogens is 496 g/mol. The van der Waals surface area contributed by atoms with Crippen LogP contribution in [0.15, 0.2) is 83.1 Å². The van der Waals surface area contributed by atoms with E-state index in [1.54, 1.807) is 42.7 Å². The van der Waals surface area contributed by atoms with E-state index in [4.69, 9.17) is 4.74 Å². The van der Waals surface area contributed by atoms with Crippen LogP contribution < -0.4 is 4.74 Å². The molecule has 0 spiro atoms. The van der Waals surface area contributed by atoms with Gasteiger partial charge in [-0.25, -0.2) is 0 Å². The number of unbranched alkanes of at least 4 members (excludes halogenated alkanes) is 1. The molecule has 1 aromatic heterocycles. The van der Waals surface area contributed by atoms with Crippen molar-refractivity contribution in [2.75, 3.05) is 6.61 Å². The first-order valence-corrected chi connectivity index (χ1v) is 11.9. The van der Waals surface area contributed by atoms with E-state index in [9.17, 15) is 14.7 Å². The van der Waals surface area contributed by atoms with E-state index < -0.39 is 17.7 Å². The number of amides is 1. The lowest BCUT2D eigenvalue weighted by atomic mass is 9.95. The van der Waals surface area contributed by atoms with Crippen molar-refractivity contribution in [2.45, 2.75) is 32.4 Å². The second kappa shape index (κ2) is 10.7. The number of ether oxygens (including phenoxy) is 1. The predicted octanol–water partition coefficient (Wildman–Crippen LogP) is 5.64. The summed E-state index contributed by atoms with van der Waals surface area (Å²) in [4.78, 5) is 32.0. The quantitative estimate of drug-likeness (QED) is 0.180. The van der Waals surface area contributed by atoms with Crippen LogP contribution in [0.4, 0.5) is 0 Å². The van der Waals surface area contributed by atoms with Gasteiger partial charge in [-0.15, -0.1) is 0 Å². The summed E-state index contributed by atoms with van der Waals surface area (Å²) in [6, 6.07) is 17.2. The summed E-state index contributed by atoms with van der Waals surface area (Å²) in [7, 11) is 0. The summed E-state index contributed by atoms with van der Waals surface area (Å²) in [5.41, 5.74) is 1.98. The van der Waals surface area contributed by atoms with E-state index in [1.165, 1.54) is 4.90 Å². The monoisotopic (exact) mass is 520 g/mol. The second-order valence-electron chi connectivity index (χ2n) is 8.07. The van der Waals surface area contributed by atoms with Gasteiger partial charge >= 0.3 is 0 Å². The van der Waals surface area contributed by atoms with Gasteiger partial charge in [-0.2, -0.15) is 0 Å². The number of likely N-dealkylation sites (tertiary alicyclic amines) is 1. The highest BCUT2D eigenvalue weighted by Crippen LogP contribution is 2.41. The highest BCUT2D eigenvalue weighted by molar-refractivity contribution is 9.10. The number of aliphatic hydroxyl groups is 1. The summed E-state index contributed by atoms with van der Waals surface area (Å²) in [6.07, 6.45) is 5.23. The maximum absolute atomic E-state index is 13.2. The van der Waals surface area contributed by atoms with Crippen molar-refractivity contribution in [3.63, 3.8) is 0 Å². The van der Waals surface area contributed by atoms with Gasteiger partial charge < -0.3 is 14.7 Å². The molecule has 0 radical (unpaired) electrons. The molecule has 1 atom stereocenters. The van der Waals surface area contributed by atoms with Crippen molar-refractivity contribution in [3.8, 4) is 5.75 Å². The van der Waals surface area contributed by atoms with Crippen LogP contribution in [0.1, 0.15) is 42.5 Å². The van der Waals surface area contributed by atoms with Crippen LogP contribution >= 0.6 is 15.9 Å². The number of nitrogens with zero attached hydrogens (tertiary/aromatic N) is 2. The SMILES string of the molecule is CCCCOc1cccc(C(O)=C2C(=O)C(=O)N(Cc3cccnc3)C2c2cccc(Br)c2)c1. The predicted molar refractivity (Wildman–Crippen MR) is 133 cm³/mol. The zero-order valence-electron chi connectivity index (χ0n) is 18.8. The molecule has 174 valence electrons. The van der Waals surface area contributed by atoms with Crippen molar-refractivity contribution in [1.29, 1.82) is 0 Å². The van der Waals surface area contributed by atoms with E-state index in [1.807, 2.05) is 30.3 Å². The Bertz CT molecular complexity index is 1230. The second-order valence-corrected chi connectivity index (χ2v) is 8.99. The number of ketones is 1. The molecular formula is C27H25BrN2O4. The number of hydrogen-bond donors (Lipinski definition) is 1. The molecule has 0 saturated carbocycles. The van der Waals surface area contributed by atoms with Gasteiger partial charge in [-0.1, -0.05) is 59.6 Å². The van der Waals surface area contributed by atoms with Crippen LogP contribution in [-0.4, -0.2) is 33.3 Å². The minimum absolute atomic E-state index is 0.0534. The molecule has 1 fully saturated rings. The molecule has 2 heterocycles. The number of pyridine rings is 1. The Morgan fingerprint density at radius 1 is 1.12 bits per heavy atom. The molecule has 1 unspecified atom stereocenters. The fourth-order valence-corrected chi connectivity index (χ4v) is 4.39. The summed E-state index contributed by atoms with van der Waals surface area (Å²) in [5, 5.41) is 11.3. The maximum atomic E-state index is 13.2. The van der Waals surface area contributed by atoms with E-state index >= 15 is 0 Å². The van der Waals surface area contributed by atoms with E-state index in [-0.39, 0.29) is 17.9 Å². The minimum Gasteiger partial charge on any atom is -0.507 e. The zero-order valence-corrected chi connectivity index (χ0v) is 20.4. The number of carbonyl (C=O) groups excluding carboxylic acids is 2. The molecule has 1 aliphatic heterocycles. The molecule has 2 aromatic carbocycles. The Hall–Kier alpha value is -3.45. The number of Topliss-reactive ketones (excluding diaryl/α,β-unsaturated/α-hetero) is 1. The molecule has 4 rings (SSSR count). The number of rotatable bonds is 8. The van der Waals surface area contributed by atoms with Crippen LogP contribution in [0, 0.1) is 0 Å². The van der Waals surface area contributed by atoms with Crippen LogP contribution in [0.3, 0.4) is 0 Å². The third kappa shape index (κ3) is 5.04. The minimum atomic E-state index is -0.748. The molecule has 1 saturated heterocycles. The van der Waals surface area contributed by atoms with Gasteiger partial charge in [0.1, 0.15) is 11.5 Å². The van der Waals surface area contributed by atoms with Crippen LogP contribution in [0.25, 0.3) is 5.76 Å². The van der Waals surface area contributed by atoms with Crippen molar-refractivity contribution < 1.29 is 19.4 Å². The van der Waals surface area contributed by atoms with Gasteiger partial charge in [0.15, 0.2) is 0 Å². The van der Waals surface area contributed by atoms with Gasteiger partial charge in [0, 0.05) is 29.0 Å². The van der Waals surface area contributed by atoms with Gasteiger partial charge in [0.05, 0.1) is 18.2 Å². The number of halogens is 1. The highest BCUT2D eigenvalue weighted by atomic mass is 79.9. The number of hydrogen-bond acceptors (Lipinski definition) is 5. The molecule has 1 N–H and O–H groups in total. The van der Waals surface area contributed by atoms with Crippen molar-refractivity contribution in [1.82, 2.24) is 9.88 Å². The Labute approximate surface area is 207 Å². The molecule has 34 heavy (non-hydrogen) atoms. The Morgan fingerprint density at radius 3 is 2.68 bits per heavy atom. The summed E-state index contributed by atoms with van der Waals surface area (Å²) >= 11 is 3.47. The number of aliphatic hydroxyl groups excluding tert-OH is 1. The first kappa shape index (κ1) is 23.7. The Kier molecular flexibility index (Phi) is 7.43. The number of benzene rings is 2. The standard InChI is InChI=1S/C27H25BrN2O4/c1-2-3-13-34-22-11-5-9-20(15-22)25(31)23-24(19-8-4-10-21(28)14-19)30(27(33)26(23)32)17-18-7-6-12-29-16-18/h4-12,14-16,24,31H,2-3,13,17H2,1H3. The van der Waals surface area contributed by atoms with Gasteiger partial charge in [0.2, 0.25) is 0 Å². The van der Waals surface area contributed by atoms with Crippen LogP contribution in [0.5, 0.6) is 5.75 Å².